The van der Waals surface area contributed by atoms with Crippen molar-refractivity contribution >= 4 is 10.8 Å². The van der Waals surface area contributed by atoms with E-state index in [9.17, 15) is 4.21 Å². The van der Waals surface area contributed by atoms with Gasteiger partial charge in [0.05, 0.1) is 10.8 Å². The summed E-state index contributed by atoms with van der Waals surface area (Å²) in [5.41, 5.74) is 0. The van der Waals surface area contributed by atoms with Gasteiger partial charge in [0.1, 0.15) is 5.03 Å². The predicted molar refractivity (Wildman–Crippen MR) is 56.5 cm³/mol. The fourth-order valence-electron chi connectivity index (χ4n) is 1.64. The number of aromatic nitrogens is 1. The van der Waals surface area contributed by atoms with E-state index in [2.05, 4.69) is 10.3 Å². The molecule has 1 aromatic rings. The van der Waals surface area contributed by atoms with E-state index >= 15 is 0 Å². The molecule has 0 radical (unpaired) electrons. The Bertz CT molecular complexity index is 309. The van der Waals surface area contributed by atoms with Gasteiger partial charge in [-0.25, -0.2) is 4.98 Å². The van der Waals surface area contributed by atoms with Crippen molar-refractivity contribution < 1.29 is 4.21 Å². The smallest absolute Gasteiger partial charge is 0.127 e. The Morgan fingerprint density at radius 3 is 3.14 bits per heavy atom. The summed E-state index contributed by atoms with van der Waals surface area (Å²) >= 11 is 0. The Labute approximate surface area is 86.4 Å². The van der Waals surface area contributed by atoms with Gasteiger partial charge in [0.2, 0.25) is 0 Å². The molecule has 0 unspecified atom stereocenters. The zero-order valence-corrected chi connectivity index (χ0v) is 8.80. The van der Waals surface area contributed by atoms with Gasteiger partial charge in [-0.1, -0.05) is 6.07 Å². The monoisotopic (exact) mass is 210 g/mol. The fraction of sp³-hybridized carbons (Fsp3) is 0.500. The maximum atomic E-state index is 11.8. The first kappa shape index (κ1) is 9.80. The molecule has 76 valence electrons. The van der Waals surface area contributed by atoms with Gasteiger partial charge in [-0.05, 0) is 37.6 Å². The largest absolute Gasteiger partial charge is 0.316 e. The molecular formula is C10H14N2OS. The first-order valence-corrected chi connectivity index (χ1v) is 6.18. The molecule has 2 heterocycles. The Morgan fingerprint density at radius 1 is 1.57 bits per heavy atom. The van der Waals surface area contributed by atoms with Crippen molar-refractivity contribution in [1.82, 2.24) is 10.3 Å². The van der Waals surface area contributed by atoms with Crippen LogP contribution >= 0.6 is 0 Å². The van der Waals surface area contributed by atoms with Crippen LogP contribution in [0.2, 0.25) is 0 Å². The van der Waals surface area contributed by atoms with Crippen LogP contribution in [0.5, 0.6) is 0 Å². The zero-order chi connectivity index (χ0) is 9.80. The van der Waals surface area contributed by atoms with E-state index in [0.29, 0.717) is 10.9 Å². The molecule has 1 aliphatic heterocycles. The Balaban J connectivity index is 1.95. The van der Waals surface area contributed by atoms with Crippen molar-refractivity contribution in [1.29, 1.82) is 0 Å². The highest BCUT2D eigenvalue weighted by Crippen LogP contribution is 2.12. The molecule has 0 spiro atoms. The van der Waals surface area contributed by atoms with Crippen LogP contribution in [0.3, 0.4) is 0 Å². The van der Waals surface area contributed by atoms with Crippen molar-refractivity contribution in [3.63, 3.8) is 0 Å². The highest BCUT2D eigenvalue weighted by Gasteiger charge is 2.18. The summed E-state index contributed by atoms with van der Waals surface area (Å²) < 4.78 is 11.8. The van der Waals surface area contributed by atoms with Crippen LogP contribution in [-0.2, 0) is 10.8 Å². The number of rotatable bonds is 3. The number of nitrogens with zero attached hydrogens (tertiary/aromatic N) is 1. The normalized spacial score (nSPS) is 23.6. The minimum Gasteiger partial charge on any atom is -0.316 e. The van der Waals surface area contributed by atoms with Gasteiger partial charge in [0.15, 0.2) is 0 Å². The summed E-state index contributed by atoms with van der Waals surface area (Å²) in [5.74, 6) is 1.29. The van der Waals surface area contributed by atoms with Crippen LogP contribution in [0.25, 0.3) is 0 Å². The Hall–Kier alpha value is -0.740. The fourth-order valence-corrected chi connectivity index (χ4v) is 2.93. The van der Waals surface area contributed by atoms with Crippen LogP contribution in [0.4, 0.5) is 0 Å². The second-order valence-corrected chi connectivity index (χ2v) is 4.98. The molecule has 1 N–H and O–H groups in total. The van der Waals surface area contributed by atoms with Gasteiger partial charge < -0.3 is 5.32 Å². The molecule has 0 amide bonds. The molecule has 1 aromatic heterocycles. The van der Waals surface area contributed by atoms with E-state index in [1.54, 1.807) is 6.20 Å². The first-order chi connectivity index (χ1) is 6.86. The zero-order valence-electron chi connectivity index (χ0n) is 7.98. The maximum Gasteiger partial charge on any atom is 0.127 e. The van der Waals surface area contributed by atoms with Crippen molar-refractivity contribution in [3.05, 3.63) is 24.4 Å². The van der Waals surface area contributed by atoms with Gasteiger partial charge in [0.25, 0.3) is 0 Å². The van der Waals surface area contributed by atoms with Gasteiger partial charge in [0, 0.05) is 11.9 Å². The molecule has 1 saturated heterocycles. The molecule has 0 saturated carbocycles. The number of hydrogen-bond donors (Lipinski definition) is 1. The van der Waals surface area contributed by atoms with E-state index < -0.39 is 10.8 Å². The maximum absolute atomic E-state index is 11.8. The highest BCUT2D eigenvalue weighted by molar-refractivity contribution is 7.84. The van der Waals surface area contributed by atoms with E-state index in [0.717, 1.165) is 25.3 Å². The molecule has 1 aliphatic rings. The van der Waals surface area contributed by atoms with Crippen molar-refractivity contribution in [2.24, 2.45) is 5.92 Å². The molecule has 0 bridgehead atoms. The number of hydrogen-bond acceptors (Lipinski definition) is 3. The summed E-state index contributed by atoms with van der Waals surface area (Å²) in [4.78, 5) is 4.10. The molecule has 1 fully saturated rings. The summed E-state index contributed by atoms with van der Waals surface area (Å²) in [5, 5.41) is 3.98. The van der Waals surface area contributed by atoms with Gasteiger partial charge in [-0.2, -0.15) is 0 Å². The van der Waals surface area contributed by atoms with Gasteiger partial charge in [-0.15, -0.1) is 0 Å². The molecule has 14 heavy (non-hydrogen) atoms. The quantitative estimate of drug-likeness (QED) is 0.802. The lowest BCUT2D eigenvalue weighted by Gasteiger charge is -2.06. The minimum atomic E-state index is -0.924. The molecule has 2 rings (SSSR count). The predicted octanol–water partition coefficient (Wildman–Crippen LogP) is 0.799. The average Bonchev–Trinajstić information content (AvgIpc) is 2.72. The van der Waals surface area contributed by atoms with Crippen LogP contribution in [0.1, 0.15) is 6.42 Å². The third-order valence-corrected chi connectivity index (χ3v) is 3.90. The lowest BCUT2D eigenvalue weighted by Crippen LogP contribution is -2.15. The van der Waals surface area contributed by atoms with E-state index in [1.807, 2.05) is 18.2 Å². The van der Waals surface area contributed by atoms with Gasteiger partial charge >= 0.3 is 0 Å². The molecular weight excluding hydrogens is 196 g/mol. The lowest BCUT2D eigenvalue weighted by atomic mass is 10.2. The molecule has 4 heteroatoms. The second kappa shape index (κ2) is 4.66. The first-order valence-electron chi connectivity index (χ1n) is 4.86. The Morgan fingerprint density at radius 2 is 2.50 bits per heavy atom. The summed E-state index contributed by atoms with van der Waals surface area (Å²) in [6.45, 7) is 2.06. The van der Waals surface area contributed by atoms with Crippen LogP contribution < -0.4 is 5.32 Å². The van der Waals surface area contributed by atoms with E-state index in [4.69, 9.17) is 0 Å². The molecule has 3 nitrogen and oxygen atoms in total. The van der Waals surface area contributed by atoms with E-state index in [-0.39, 0.29) is 0 Å². The third-order valence-electron chi connectivity index (χ3n) is 2.42. The van der Waals surface area contributed by atoms with Crippen LogP contribution in [0.15, 0.2) is 29.4 Å². The van der Waals surface area contributed by atoms with Gasteiger partial charge in [-0.3, -0.25) is 4.21 Å². The minimum absolute atomic E-state index is 0.554. The van der Waals surface area contributed by atoms with Crippen molar-refractivity contribution in [2.45, 2.75) is 11.4 Å². The lowest BCUT2D eigenvalue weighted by molar-refractivity contribution is 0.631. The summed E-state index contributed by atoms with van der Waals surface area (Å²) in [6.07, 6.45) is 2.83. The molecule has 2 atom stereocenters. The van der Waals surface area contributed by atoms with Crippen LogP contribution in [0, 0.1) is 5.92 Å². The van der Waals surface area contributed by atoms with E-state index in [1.165, 1.54) is 0 Å². The second-order valence-electron chi connectivity index (χ2n) is 3.54. The summed E-state index contributed by atoms with van der Waals surface area (Å²) in [6, 6.07) is 5.56. The highest BCUT2D eigenvalue weighted by atomic mass is 32.2. The number of pyridine rings is 1. The van der Waals surface area contributed by atoms with Crippen LogP contribution in [-0.4, -0.2) is 28.0 Å². The molecule has 0 aromatic carbocycles. The SMILES string of the molecule is O=[S@@](C[C@H]1CCNC1)c1ccccn1. The summed E-state index contributed by atoms with van der Waals surface area (Å²) in [7, 11) is -0.924. The number of nitrogens with one attached hydrogen (secondary N) is 1. The standard InChI is InChI=1S/C10H14N2OS/c13-14(8-9-4-6-11-7-9)10-3-1-2-5-12-10/h1-3,5,9,11H,4,6-8H2/t9-,14-/m0/s1. The van der Waals surface area contributed by atoms with Crippen molar-refractivity contribution in [2.75, 3.05) is 18.8 Å². The Kier molecular flexibility index (Phi) is 3.26. The topological polar surface area (TPSA) is 42.0 Å². The third kappa shape index (κ3) is 2.39. The molecule has 0 aliphatic carbocycles. The van der Waals surface area contributed by atoms with Crippen molar-refractivity contribution in [3.8, 4) is 0 Å². The average molecular weight is 210 g/mol.